The van der Waals surface area contributed by atoms with E-state index in [9.17, 15) is 24.8 Å². The standard InChI is InChI=1S/C26H26N4O5/c1-15(23-28-21(26(33)34)22(35-5)25(32)30(23)4)20(16-9-7-6-8-10-16)19-13-17(24(31)29(2)3)11-12-18(19)14-27/h6-13,15,20H,1-5H3,(H,33,34). The molecule has 0 saturated heterocycles. The molecule has 0 radical (unpaired) electrons. The number of amides is 1. The second-order valence-corrected chi connectivity index (χ2v) is 8.31. The van der Waals surface area contributed by atoms with E-state index in [0.717, 1.165) is 5.56 Å². The number of hydrogen-bond acceptors (Lipinski definition) is 6. The van der Waals surface area contributed by atoms with Gasteiger partial charge >= 0.3 is 5.97 Å². The summed E-state index contributed by atoms with van der Waals surface area (Å²) in [7, 11) is 5.99. The highest BCUT2D eigenvalue weighted by Gasteiger charge is 2.31. The van der Waals surface area contributed by atoms with Crippen molar-refractivity contribution in [1.82, 2.24) is 14.5 Å². The maximum absolute atomic E-state index is 12.9. The molecular weight excluding hydrogens is 448 g/mol. The van der Waals surface area contributed by atoms with Crippen LogP contribution in [0.1, 0.15) is 62.1 Å². The summed E-state index contributed by atoms with van der Waals surface area (Å²) in [6, 6.07) is 16.4. The lowest BCUT2D eigenvalue weighted by atomic mass is 9.78. The molecule has 2 aromatic carbocycles. The van der Waals surface area contributed by atoms with E-state index in [1.165, 1.54) is 23.6 Å². The van der Waals surface area contributed by atoms with E-state index in [1.54, 1.807) is 39.2 Å². The van der Waals surface area contributed by atoms with Crippen LogP contribution < -0.4 is 10.3 Å². The lowest BCUT2D eigenvalue weighted by Crippen LogP contribution is -2.30. The van der Waals surface area contributed by atoms with Gasteiger partial charge in [-0.2, -0.15) is 5.26 Å². The molecule has 0 fully saturated rings. The van der Waals surface area contributed by atoms with Gasteiger partial charge in [0.15, 0.2) is 5.69 Å². The SMILES string of the molecule is COc1c(C(=O)O)nc(C(C)C(c2ccccc2)c2cc(C(=O)N(C)C)ccc2C#N)n(C)c1=O. The molecule has 0 saturated carbocycles. The first kappa shape index (κ1) is 25.2. The minimum atomic E-state index is -1.39. The molecule has 0 bridgehead atoms. The zero-order valence-corrected chi connectivity index (χ0v) is 20.1. The summed E-state index contributed by atoms with van der Waals surface area (Å²) in [5.41, 5.74) is 1.03. The fourth-order valence-electron chi connectivity index (χ4n) is 4.19. The number of aromatic carboxylic acids is 1. The Labute approximate surface area is 202 Å². The topological polar surface area (TPSA) is 126 Å². The highest BCUT2D eigenvalue weighted by molar-refractivity contribution is 5.94. The van der Waals surface area contributed by atoms with Gasteiger partial charge in [-0.05, 0) is 29.3 Å². The number of ether oxygens (including phenoxy) is 1. The summed E-state index contributed by atoms with van der Waals surface area (Å²) < 4.78 is 6.28. The molecule has 9 heteroatoms. The van der Waals surface area contributed by atoms with Crippen LogP contribution in [-0.4, -0.2) is 52.6 Å². The van der Waals surface area contributed by atoms with Crippen molar-refractivity contribution in [3.63, 3.8) is 0 Å². The maximum atomic E-state index is 12.9. The van der Waals surface area contributed by atoms with Crippen LogP contribution in [0.4, 0.5) is 0 Å². The first-order chi connectivity index (χ1) is 16.6. The number of nitriles is 1. The van der Waals surface area contributed by atoms with E-state index in [1.807, 2.05) is 30.3 Å². The molecule has 1 aromatic heterocycles. The fourth-order valence-corrected chi connectivity index (χ4v) is 4.19. The van der Waals surface area contributed by atoms with Crippen LogP contribution in [0.5, 0.6) is 5.75 Å². The molecule has 1 amide bonds. The molecule has 2 atom stereocenters. The van der Waals surface area contributed by atoms with E-state index < -0.39 is 29.1 Å². The lowest BCUT2D eigenvalue weighted by molar-refractivity contribution is 0.0684. The van der Waals surface area contributed by atoms with Crippen molar-refractivity contribution in [2.75, 3.05) is 21.2 Å². The Hall–Kier alpha value is -4.45. The van der Waals surface area contributed by atoms with Gasteiger partial charge in [-0.1, -0.05) is 37.3 Å². The number of hydrogen-bond donors (Lipinski definition) is 1. The van der Waals surface area contributed by atoms with Gasteiger partial charge in [-0.25, -0.2) is 9.78 Å². The van der Waals surface area contributed by atoms with Crippen LogP contribution in [0.15, 0.2) is 53.3 Å². The Bertz CT molecular complexity index is 1370. The van der Waals surface area contributed by atoms with Crippen LogP contribution in [0, 0.1) is 11.3 Å². The van der Waals surface area contributed by atoms with E-state index in [2.05, 4.69) is 11.1 Å². The van der Waals surface area contributed by atoms with Crippen molar-refractivity contribution >= 4 is 11.9 Å². The van der Waals surface area contributed by atoms with Gasteiger partial charge in [0, 0.05) is 38.5 Å². The minimum Gasteiger partial charge on any atom is -0.489 e. The monoisotopic (exact) mass is 474 g/mol. The number of nitrogens with zero attached hydrogens (tertiary/aromatic N) is 4. The van der Waals surface area contributed by atoms with Gasteiger partial charge in [-0.3, -0.25) is 14.2 Å². The third-order valence-corrected chi connectivity index (χ3v) is 5.92. The molecular formula is C26H26N4O5. The van der Waals surface area contributed by atoms with E-state index in [4.69, 9.17) is 4.74 Å². The summed E-state index contributed by atoms with van der Waals surface area (Å²) in [6.07, 6.45) is 0. The number of carboxylic acids is 1. The molecule has 180 valence electrons. The van der Waals surface area contributed by atoms with Crippen molar-refractivity contribution in [3.8, 4) is 11.8 Å². The van der Waals surface area contributed by atoms with Crippen LogP contribution in [-0.2, 0) is 7.05 Å². The van der Waals surface area contributed by atoms with Crippen LogP contribution >= 0.6 is 0 Å². The van der Waals surface area contributed by atoms with Crippen LogP contribution in [0.3, 0.4) is 0 Å². The molecule has 3 aromatic rings. The molecule has 35 heavy (non-hydrogen) atoms. The Morgan fingerprint density at radius 1 is 1.17 bits per heavy atom. The fraction of sp³-hybridized carbons (Fsp3) is 0.269. The second-order valence-electron chi connectivity index (χ2n) is 8.31. The highest BCUT2D eigenvalue weighted by atomic mass is 16.5. The molecule has 0 aliphatic carbocycles. The van der Waals surface area contributed by atoms with Gasteiger partial charge < -0.3 is 14.7 Å². The van der Waals surface area contributed by atoms with Gasteiger partial charge in [0.2, 0.25) is 5.75 Å². The second kappa shape index (κ2) is 10.2. The summed E-state index contributed by atoms with van der Waals surface area (Å²) in [4.78, 5) is 43.2. The number of rotatable bonds is 7. The van der Waals surface area contributed by atoms with E-state index in [-0.39, 0.29) is 17.5 Å². The number of carbonyl (C=O) groups excluding carboxylic acids is 1. The molecule has 2 unspecified atom stereocenters. The van der Waals surface area contributed by atoms with Crippen molar-refractivity contribution < 1.29 is 19.4 Å². The van der Waals surface area contributed by atoms with Gasteiger partial charge in [-0.15, -0.1) is 0 Å². The largest absolute Gasteiger partial charge is 0.489 e. The Morgan fingerprint density at radius 3 is 2.37 bits per heavy atom. The van der Waals surface area contributed by atoms with Crippen molar-refractivity contribution in [3.05, 3.63) is 92.7 Å². The Morgan fingerprint density at radius 2 is 1.83 bits per heavy atom. The molecule has 0 aliphatic heterocycles. The summed E-state index contributed by atoms with van der Waals surface area (Å²) in [6.45, 7) is 1.80. The van der Waals surface area contributed by atoms with E-state index in [0.29, 0.717) is 16.7 Å². The summed E-state index contributed by atoms with van der Waals surface area (Å²) >= 11 is 0. The number of aromatic nitrogens is 2. The summed E-state index contributed by atoms with van der Waals surface area (Å²) in [5.74, 6) is -2.84. The molecule has 0 spiro atoms. The predicted octanol–water partition coefficient (Wildman–Crippen LogP) is 3.00. The lowest BCUT2D eigenvalue weighted by Gasteiger charge is -2.27. The molecule has 1 heterocycles. The normalized spacial score (nSPS) is 12.3. The van der Waals surface area contributed by atoms with Crippen molar-refractivity contribution in [2.24, 2.45) is 7.05 Å². The maximum Gasteiger partial charge on any atom is 0.358 e. The average molecular weight is 475 g/mol. The molecule has 3 rings (SSSR count). The highest BCUT2D eigenvalue weighted by Crippen LogP contribution is 2.39. The zero-order valence-electron chi connectivity index (χ0n) is 20.1. The summed E-state index contributed by atoms with van der Waals surface area (Å²) in [5, 5.41) is 19.5. The van der Waals surface area contributed by atoms with Gasteiger partial charge in [0.25, 0.3) is 11.5 Å². The smallest absolute Gasteiger partial charge is 0.358 e. The Balaban J connectivity index is 2.32. The first-order valence-electron chi connectivity index (χ1n) is 10.8. The predicted molar refractivity (Wildman–Crippen MR) is 129 cm³/mol. The Kier molecular flexibility index (Phi) is 7.35. The molecule has 9 nitrogen and oxygen atoms in total. The average Bonchev–Trinajstić information content (AvgIpc) is 2.85. The van der Waals surface area contributed by atoms with E-state index >= 15 is 0 Å². The third kappa shape index (κ3) is 4.77. The van der Waals surface area contributed by atoms with Crippen molar-refractivity contribution in [1.29, 1.82) is 5.26 Å². The number of carbonyl (C=O) groups is 2. The third-order valence-electron chi connectivity index (χ3n) is 5.92. The minimum absolute atomic E-state index is 0.204. The molecule has 0 aliphatic rings. The first-order valence-corrected chi connectivity index (χ1v) is 10.8. The van der Waals surface area contributed by atoms with Crippen LogP contribution in [0.25, 0.3) is 0 Å². The van der Waals surface area contributed by atoms with Crippen LogP contribution in [0.2, 0.25) is 0 Å². The zero-order chi connectivity index (χ0) is 25.9. The number of carboxylic acid groups (broad SMARTS) is 1. The quantitative estimate of drug-likeness (QED) is 0.558. The van der Waals surface area contributed by atoms with Gasteiger partial charge in [0.1, 0.15) is 5.82 Å². The number of benzene rings is 2. The van der Waals surface area contributed by atoms with Crippen molar-refractivity contribution in [2.45, 2.75) is 18.8 Å². The molecule has 1 N–H and O–H groups in total. The number of methoxy groups -OCH3 is 1. The van der Waals surface area contributed by atoms with Gasteiger partial charge in [0.05, 0.1) is 18.7 Å².